The number of carbonyl (C=O) groups is 1. The van der Waals surface area contributed by atoms with Crippen LogP contribution >= 0.6 is 0 Å². The summed E-state index contributed by atoms with van der Waals surface area (Å²) in [5.41, 5.74) is 5.27. The number of amides is 1. The molecule has 5 nitrogen and oxygen atoms in total. The Morgan fingerprint density at radius 3 is 2.62 bits per heavy atom. The van der Waals surface area contributed by atoms with Crippen LogP contribution in [0, 0.1) is 0 Å². The summed E-state index contributed by atoms with van der Waals surface area (Å²) < 4.78 is 22.1. The van der Waals surface area contributed by atoms with Crippen LogP contribution in [0.2, 0.25) is 0 Å². The number of carbonyl (C=O) groups excluding carboxylic acids is 1. The summed E-state index contributed by atoms with van der Waals surface area (Å²) in [6.07, 6.45) is 1.20. The number of nitrogens with two attached hydrogens (primary N) is 1. The van der Waals surface area contributed by atoms with Crippen molar-refractivity contribution in [2.24, 2.45) is 5.73 Å². The SMILES string of the molecule is CCNC(=O)C1=C(N)S(=O)(=O)C=C1. The van der Waals surface area contributed by atoms with E-state index >= 15 is 0 Å². The van der Waals surface area contributed by atoms with Crippen molar-refractivity contribution in [3.05, 3.63) is 22.1 Å². The summed E-state index contributed by atoms with van der Waals surface area (Å²) in [5, 5.41) is 3.01. The molecule has 0 bridgehead atoms. The van der Waals surface area contributed by atoms with Crippen LogP contribution in [0.5, 0.6) is 0 Å². The lowest BCUT2D eigenvalue weighted by atomic mass is 10.2. The minimum absolute atomic E-state index is 0.0156. The van der Waals surface area contributed by atoms with E-state index < -0.39 is 15.7 Å². The minimum Gasteiger partial charge on any atom is -0.389 e. The molecule has 3 N–H and O–H groups in total. The quantitative estimate of drug-likeness (QED) is 0.615. The third kappa shape index (κ3) is 1.72. The highest BCUT2D eigenvalue weighted by molar-refractivity contribution is 7.98. The van der Waals surface area contributed by atoms with Gasteiger partial charge in [-0.25, -0.2) is 8.42 Å². The standard InChI is InChI=1S/C7H10N2O3S/c1-2-9-7(10)5-3-4-13(11,12)6(5)8/h3-4H,2,8H2,1H3,(H,9,10). The molecular weight excluding hydrogens is 192 g/mol. The summed E-state index contributed by atoms with van der Waals surface area (Å²) in [4.78, 5) is 11.2. The average molecular weight is 202 g/mol. The lowest BCUT2D eigenvalue weighted by molar-refractivity contribution is -0.117. The maximum Gasteiger partial charge on any atom is 0.254 e. The molecule has 1 aliphatic heterocycles. The van der Waals surface area contributed by atoms with Crippen LogP contribution in [0.1, 0.15) is 6.92 Å². The molecule has 0 aromatic carbocycles. The van der Waals surface area contributed by atoms with Crippen LogP contribution in [-0.2, 0) is 14.6 Å². The van der Waals surface area contributed by atoms with Gasteiger partial charge in [0.15, 0.2) is 0 Å². The fourth-order valence-electron chi connectivity index (χ4n) is 0.910. The van der Waals surface area contributed by atoms with Crippen LogP contribution in [0.25, 0.3) is 0 Å². The fraction of sp³-hybridized carbons (Fsp3) is 0.286. The predicted molar refractivity (Wildman–Crippen MR) is 48.0 cm³/mol. The molecule has 1 aliphatic rings. The lowest BCUT2D eigenvalue weighted by Crippen LogP contribution is -2.25. The van der Waals surface area contributed by atoms with E-state index in [1.165, 1.54) is 6.08 Å². The second kappa shape index (κ2) is 3.21. The molecule has 1 amide bonds. The molecule has 0 fully saturated rings. The van der Waals surface area contributed by atoms with Gasteiger partial charge in [-0.15, -0.1) is 0 Å². The Bertz CT molecular complexity index is 392. The number of nitrogens with one attached hydrogen (secondary N) is 1. The maximum atomic E-state index is 11.2. The summed E-state index contributed by atoms with van der Waals surface area (Å²) >= 11 is 0. The van der Waals surface area contributed by atoms with Crippen molar-refractivity contribution in [1.82, 2.24) is 5.32 Å². The first-order valence-electron chi connectivity index (χ1n) is 3.70. The zero-order valence-electron chi connectivity index (χ0n) is 7.07. The highest BCUT2D eigenvalue weighted by Crippen LogP contribution is 2.18. The topological polar surface area (TPSA) is 89.3 Å². The van der Waals surface area contributed by atoms with Gasteiger partial charge in [0.25, 0.3) is 5.91 Å². The number of hydrogen-bond acceptors (Lipinski definition) is 4. The van der Waals surface area contributed by atoms with Crippen molar-refractivity contribution >= 4 is 15.7 Å². The predicted octanol–water partition coefficient (Wildman–Crippen LogP) is -0.765. The highest BCUT2D eigenvalue weighted by atomic mass is 32.2. The normalized spacial score (nSPS) is 19.2. The molecular formula is C7H10N2O3S. The average Bonchev–Trinajstić information content (AvgIpc) is 2.28. The first kappa shape index (κ1) is 9.79. The van der Waals surface area contributed by atoms with E-state index in [-0.39, 0.29) is 10.6 Å². The molecule has 0 aliphatic carbocycles. The van der Waals surface area contributed by atoms with Gasteiger partial charge in [-0.1, -0.05) is 0 Å². The van der Waals surface area contributed by atoms with Crippen LogP contribution in [0.4, 0.5) is 0 Å². The number of rotatable bonds is 2. The Kier molecular flexibility index (Phi) is 2.42. The van der Waals surface area contributed by atoms with Crippen LogP contribution in [0.3, 0.4) is 0 Å². The molecule has 0 saturated carbocycles. The van der Waals surface area contributed by atoms with Crippen molar-refractivity contribution in [3.8, 4) is 0 Å². The van der Waals surface area contributed by atoms with E-state index in [1.54, 1.807) is 6.92 Å². The van der Waals surface area contributed by atoms with Gasteiger partial charge in [0.1, 0.15) is 5.03 Å². The first-order chi connectivity index (χ1) is 5.99. The van der Waals surface area contributed by atoms with Crippen LogP contribution in [0.15, 0.2) is 22.1 Å². The number of likely N-dealkylation sites (N-methyl/N-ethyl adjacent to an activating group) is 1. The Morgan fingerprint density at radius 1 is 1.62 bits per heavy atom. The van der Waals surface area contributed by atoms with E-state index in [9.17, 15) is 13.2 Å². The lowest BCUT2D eigenvalue weighted by Gasteiger charge is -2.01. The Balaban J connectivity index is 3.03. The molecule has 0 spiro atoms. The zero-order valence-corrected chi connectivity index (χ0v) is 7.89. The second-order valence-corrected chi connectivity index (χ2v) is 4.29. The largest absolute Gasteiger partial charge is 0.389 e. The molecule has 0 unspecified atom stereocenters. The summed E-state index contributed by atoms with van der Waals surface area (Å²) in [5.74, 6) is -0.461. The van der Waals surface area contributed by atoms with E-state index in [1.807, 2.05) is 0 Å². The van der Waals surface area contributed by atoms with Crippen molar-refractivity contribution in [3.63, 3.8) is 0 Å². The molecule has 1 rings (SSSR count). The summed E-state index contributed by atoms with van der Waals surface area (Å²) in [6, 6.07) is 0. The number of hydrogen-bond donors (Lipinski definition) is 2. The number of sulfone groups is 1. The molecule has 0 aromatic rings. The van der Waals surface area contributed by atoms with Gasteiger partial charge in [-0.05, 0) is 13.0 Å². The Labute approximate surface area is 76.2 Å². The van der Waals surface area contributed by atoms with E-state index in [0.29, 0.717) is 6.54 Å². The first-order valence-corrected chi connectivity index (χ1v) is 5.24. The molecule has 72 valence electrons. The van der Waals surface area contributed by atoms with Crippen LogP contribution in [-0.4, -0.2) is 20.9 Å². The molecule has 0 saturated heterocycles. The van der Waals surface area contributed by atoms with Crippen molar-refractivity contribution in [2.75, 3.05) is 6.54 Å². The van der Waals surface area contributed by atoms with Crippen molar-refractivity contribution in [1.29, 1.82) is 0 Å². The van der Waals surface area contributed by atoms with Crippen molar-refractivity contribution in [2.45, 2.75) is 6.92 Å². The van der Waals surface area contributed by atoms with Crippen molar-refractivity contribution < 1.29 is 13.2 Å². The highest BCUT2D eigenvalue weighted by Gasteiger charge is 2.25. The summed E-state index contributed by atoms with van der Waals surface area (Å²) in [7, 11) is -3.52. The molecule has 13 heavy (non-hydrogen) atoms. The van der Waals surface area contributed by atoms with E-state index in [4.69, 9.17) is 5.73 Å². The zero-order chi connectivity index (χ0) is 10.1. The summed E-state index contributed by atoms with van der Waals surface area (Å²) in [6.45, 7) is 2.17. The molecule has 0 radical (unpaired) electrons. The van der Waals surface area contributed by atoms with Gasteiger partial charge in [0, 0.05) is 12.0 Å². The minimum atomic E-state index is -3.52. The Hall–Kier alpha value is -1.30. The Morgan fingerprint density at radius 2 is 2.23 bits per heavy atom. The molecule has 1 heterocycles. The smallest absolute Gasteiger partial charge is 0.254 e. The van der Waals surface area contributed by atoms with E-state index in [0.717, 1.165) is 5.41 Å². The maximum absolute atomic E-state index is 11.2. The van der Waals surface area contributed by atoms with E-state index in [2.05, 4.69) is 5.32 Å². The third-order valence-corrected chi connectivity index (χ3v) is 2.90. The van der Waals surface area contributed by atoms with Gasteiger partial charge in [-0.2, -0.15) is 0 Å². The fourth-order valence-corrected chi connectivity index (χ4v) is 1.84. The van der Waals surface area contributed by atoms with Crippen LogP contribution < -0.4 is 11.1 Å². The third-order valence-electron chi connectivity index (χ3n) is 1.57. The van der Waals surface area contributed by atoms with Gasteiger partial charge in [-0.3, -0.25) is 4.79 Å². The molecule has 0 atom stereocenters. The van der Waals surface area contributed by atoms with Gasteiger partial charge < -0.3 is 11.1 Å². The molecule has 0 aromatic heterocycles. The monoisotopic (exact) mass is 202 g/mol. The second-order valence-electron chi connectivity index (χ2n) is 2.49. The molecule has 6 heteroatoms. The van der Waals surface area contributed by atoms with Gasteiger partial charge in [0.2, 0.25) is 9.84 Å². The van der Waals surface area contributed by atoms with Gasteiger partial charge >= 0.3 is 0 Å². The van der Waals surface area contributed by atoms with Gasteiger partial charge in [0.05, 0.1) is 5.57 Å².